The highest BCUT2D eigenvalue weighted by Gasteiger charge is 2.05. The number of amidine groups is 1. The van der Waals surface area contributed by atoms with Crippen molar-refractivity contribution in [2.24, 2.45) is 5.73 Å². The summed E-state index contributed by atoms with van der Waals surface area (Å²) in [5, 5.41) is 17.0. The van der Waals surface area contributed by atoms with Crippen LogP contribution in [-0.4, -0.2) is 27.8 Å². The van der Waals surface area contributed by atoms with E-state index >= 15 is 0 Å². The summed E-state index contributed by atoms with van der Waals surface area (Å²) in [5.41, 5.74) is 5.78. The fraction of sp³-hybridized carbons (Fsp3) is 0.333. The van der Waals surface area contributed by atoms with Crippen LogP contribution in [0.1, 0.15) is 12.6 Å². The molecule has 5 heteroatoms. The minimum atomic E-state index is -0.0379. The Morgan fingerprint density at radius 1 is 1.71 bits per heavy atom. The van der Waals surface area contributed by atoms with Crippen molar-refractivity contribution < 1.29 is 5.11 Å². The molecule has 0 aromatic carbocycles. The summed E-state index contributed by atoms with van der Waals surface area (Å²) >= 11 is 1.46. The Morgan fingerprint density at radius 3 is 3.00 bits per heavy atom. The van der Waals surface area contributed by atoms with Gasteiger partial charge in [-0.3, -0.25) is 5.41 Å². The van der Waals surface area contributed by atoms with Crippen molar-refractivity contribution >= 4 is 17.6 Å². The van der Waals surface area contributed by atoms with E-state index in [1.54, 1.807) is 12.1 Å². The monoisotopic (exact) mass is 211 g/mol. The molecule has 1 heterocycles. The molecule has 1 rings (SSSR count). The standard InChI is InChI=1S/C9H13N3OS/c1-6(5-13)14-8-4-2-3-7(12-8)9(10)11/h2-4,6,13H,5H2,1H3,(H3,10,11). The lowest BCUT2D eigenvalue weighted by atomic mass is 10.3. The number of nitrogens with zero attached hydrogens (tertiary/aromatic N) is 1. The zero-order chi connectivity index (χ0) is 10.6. The van der Waals surface area contributed by atoms with Crippen molar-refractivity contribution in [2.45, 2.75) is 17.2 Å². The topological polar surface area (TPSA) is 83.0 Å². The number of aromatic nitrogens is 1. The number of pyridine rings is 1. The molecule has 14 heavy (non-hydrogen) atoms. The minimum absolute atomic E-state index is 0.0379. The normalized spacial score (nSPS) is 12.4. The number of thioether (sulfide) groups is 1. The molecule has 76 valence electrons. The lowest BCUT2D eigenvalue weighted by Gasteiger charge is -2.07. The Kier molecular flexibility index (Phi) is 3.91. The SMILES string of the molecule is CC(CO)Sc1cccc(C(=N)N)n1. The van der Waals surface area contributed by atoms with Crippen molar-refractivity contribution in [3.8, 4) is 0 Å². The summed E-state index contributed by atoms with van der Waals surface area (Å²) in [7, 11) is 0. The molecule has 0 aliphatic carbocycles. The molecule has 1 unspecified atom stereocenters. The van der Waals surface area contributed by atoms with Crippen molar-refractivity contribution in [3.63, 3.8) is 0 Å². The van der Waals surface area contributed by atoms with Gasteiger partial charge in [0.15, 0.2) is 0 Å². The molecule has 4 N–H and O–H groups in total. The summed E-state index contributed by atoms with van der Waals surface area (Å²) in [6.45, 7) is 2.02. The van der Waals surface area contributed by atoms with Crippen LogP contribution in [0.3, 0.4) is 0 Å². The van der Waals surface area contributed by atoms with Crippen molar-refractivity contribution in [1.29, 1.82) is 5.41 Å². The van der Waals surface area contributed by atoms with Gasteiger partial charge in [-0.1, -0.05) is 13.0 Å². The molecule has 0 radical (unpaired) electrons. The third kappa shape index (κ3) is 3.01. The largest absolute Gasteiger partial charge is 0.395 e. The van der Waals surface area contributed by atoms with E-state index in [0.29, 0.717) is 5.69 Å². The molecular formula is C9H13N3OS. The van der Waals surface area contributed by atoms with Gasteiger partial charge in [0.25, 0.3) is 0 Å². The van der Waals surface area contributed by atoms with Gasteiger partial charge in [-0.15, -0.1) is 11.8 Å². The zero-order valence-corrected chi connectivity index (χ0v) is 8.71. The van der Waals surface area contributed by atoms with E-state index in [9.17, 15) is 0 Å². The number of nitrogens with two attached hydrogens (primary N) is 1. The Balaban J connectivity index is 2.78. The molecule has 0 amide bonds. The smallest absolute Gasteiger partial charge is 0.141 e. The van der Waals surface area contributed by atoms with Gasteiger partial charge in [0.1, 0.15) is 11.5 Å². The van der Waals surface area contributed by atoms with E-state index < -0.39 is 0 Å². The van der Waals surface area contributed by atoms with E-state index in [1.807, 2.05) is 13.0 Å². The average Bonchev–Trinajstić information content (AvgIpc) is 2.18. The van der Waals surface area contributed by atoms with Gasteiger partial charge in [0, 0.05) is 5.25 Å². The number of aliphatic hydroxyl groups is 1. The van der Waals surface area contributed by atoms with Gasteiger partial charge in [0.05, 0.1) is 11.6 Å². The van der Waals surface area contributed by atoms with Gasteiger partial charge in [-0.2, -0.15) is 0 Å². The Bertz CT molecular complexity index is 330. The molecule has 0 aliphatic rings. The highest BCUT2D eigenvalue weighted by Crippen LogP contribution is 2.20. The van der Waals surface area contributed by atoms with Crippen LogP contribution >= 0.6 is 11.8 Å². The van der Waals surface area contributed by atoms with Crippen molar-refractivity contribution in [3.05, 3.63) is 23.9 Å². The third-order valence-electron chi connectivity index (χ3n) is 1.58. The van der Waals surface area contributed by atoms with Crippen LogP contribution in [0, 0.1) is 5.41 Å². The van der Waals surface area contributed by atoms with Crippen LogP contribution in [0.4, 0.5) is 0 Å². The molecular weight excluding hydrogens is 198 g/mol. The molecule has 1 aromatic rings. The van der Waals surface area contributed by atoms with Gasteiger partial charge < -0.3 is 10.8 Å². The Labute approximate surface area is 87.1 Å². The van der Waals surface area contributed by atoms with Gasteiger partial charge >= 0.3 is 0 Å². The van der Waals surface area contributed by atoms with Gasteiger partial charge in [-0.05, 0) is 12.1 Å². The lowest BCUT2D eigenvalue weighted by Crippen LogP contribution is -2.13. The predicted molar refractivity (Wildman–Crippen MR) is 57.7 cm³/mol. The Hall–Kier alpha value is -1.07. The second kappa shape index (κ2) is 4.97. The zero-order valence-electron chi connectivity index (χ0n) is 7.90. The summed E-state index contributed by atoms with van der Waals surface area (Å²) in [6, 6.07) is 5.33. The molecule has 0 bridgehead atoms. The lowest BCUT2D eigenvalue weighted by molar-refractivity contribution is 0.300. The van der Waals surface area contributed by atoms with Crippen LogP contribution in [0.15, 0.2) is 23.2 Å². The number of rotatable bonds is 4. The van der Waals surface area contributed by atoms with Crippen LogP contribution in [0.5, 0.6) is 0 Å². The minimum Gasteiger partial charge on any atom is -0.395 e. The number of nitrogen functional groups attached to an aromatic ring is 1. The van der Waals surface area contributed by atoms with Crippen LogP contribution in [-0.2, 0) is 0 Å². The number of hydrogen-bond donors (Lipinski definition) is 3. The maximum Gasteiger partial charge on any atom is 0.141 e. The fourth-order valence-corrected chi connectivity index (χ4v) is 1.67. The first-order valence-corrected chi connectivity index (χ1v) is 5.10. The van der Waals surface area contributed by atoms with Crippen molar-refractivity contribution in [1.82, 2.24) is 4.98 Å². The van der Waals surface area contributed by atoms with E-state index in [-0.39, 0.29) is 17.7 Å². The fourth-order valence-electron chi connectivity index (χ4n) is 0.874. The third-order valence-corrected chi connectivity index (χ3v) is 2.60. The second-order valence-corrected chi connectivity index (χ2v) is 4.34. The van der Waals surface area contributed by atoms with Crippen LogP contribution in [0.25, 0.3) is 0 Å². The predicted octanol–water partition coefficient (Wildman–Crippen LogP) is 0.839. The van der Waals surface area contributed by atoms with E-state index in [2.05, 4.69) is 4.98 Å². The van der Waals surface area contributed by atoms with Gasteiger partial charge in [0.2, 0.25) is 0 Å². The summed E-state index contributed by atoms with van der Waals surface area (Å²) in [4.78, 5) is 4.16. The molecule has 4 nitrogen and oxygen atoms in total. The molecule has 0 fully saturated rings. The highest BCUT2D eigenvalue weighted by molar-refractivity contribution is 7.99. The second-order valence-electron chi connectivity index (χ2n) is 2.89. The maximum absolute atomic E-state index is 8.86. The Morgan fingerprint density at radius 2 is 2.43 bits per heavy atom. The van der Waals surface area contributed by atoms with Crippen LogP contribution in [0.2, 0.25) is 0 Å². The first kappa shape index (κ1) is 11.0. The quantitative estimate of drug-likeness (QED) is 0.391. The summed E-state index contributed by atoms with van der Waals surface area (Å²) in [5.74, 6) is -0.0379. The highest BCUT2D eigenvalue weighted by atomic mass is 32.2. The first-order chi connectivity index (χ1) is 6.63. The first-order valence-electron chi connectivity index (χ1n) is 4.22. The van der Waals surface area contributed by atoms with Gasteiger partial charge in [-0.25, -0.2) is 4.98 Å². The molecule has 0 spiro atoms. The maximum atomic E-state index is 8.86. The van der Waals surface area contributed by atoms with Crippen LogP contribution < -0.4 is 5.73 Å². The molecule has 0 saturated heterocycles. The van der Waals surface area contributed by atoms with E-state index in [4.69, 9.17) is 16.2 Å². The summed E-state index contributed by atoms with van der Waals surface area (Å²) in [6.07, 6.45) is 0. The van der Waals surface area contributed by atoms with E-state index in [1.165, 1.54) is 11.8 Å². The summed E-state index contributed by atoms with van der Waals surface area (Å²) < 4.78 is 0. The molecule has 1 atom stereocenters. The van der Waals surface area contributed by atoms with E-state index in [0.717, 1.165) is 5.03 Å². The molecule has 1 aromatic heterocycles. The molecule has 0 aliphatic heterocycles. The number of hydrogen-bond acceptors (Lipinski definition) is 4. The molecule has 0 saturated carbocycles. The number of aliphatic hydroxyl groups excluding tert-OH is 1. The van der Waals surface area contributed by atoms with Crippen molar-refractivity contribution in [2.75, 3.05) is 6.61 Å². The average molecular weight is 211 g/mol. The number of nitrogens with one attached hydrogen (secondary N) is 1.